The third-order valence-electron chi connectivity index (χ3n) is 5.51. The molecule has 33 heavy (non-hydrogen) atoms. The fourth-order valence-corrected chi connectivity index (χ4v) is 4.23. The summed E-state index contributed by atoms with van der Waals surface area (Å²) in [6.45, 7) is 2.99. The molecule has 10 heteroatoms. The minimum atomic E-state index is -0.821. The van der Waals surface area contributed by atoms with Crippen LogP contribution in [0.25, 0.3) is 11.3 Å². The van der Waals surface area contributed by atoms with Crippen molar-refractivity contribution in [3.05, 3.63) is 69.8 Å². The van der Waals surface area contributed by atoms with Gasteiger partial charge in [0.15, 0.2) is 11.6 Å². The lowest BCUT2D eigenvalue weighted by Crippen LogP contribution is -2.53. The van der Waals surface area contributed by atoms with Crippen LogP contribution in [0.1, 0.15) is 11.1 Å². The molecule has 2 aromatic carbocycles. The predicted octanol–water partition coefficient (Wildman–Crippen LogP) is 3.50. The molecule has 1 aromatic heterocycles. The summed E-state index contributed by atoms with van der Waals surface area (Å²) in [5.41, 5.74) is 9.44. The van der Waals surface area contributed by atoms with Gasteiger partial charge in [0, 0.05) is 53.9 Å². The fraction of sp³-hybridized carbons (Fsp3) is 0.261. The first-order chi connectivity index (χ1) is 15.9. The van der Waals surface area contributed by atoms with Crippen LogP contribution in [0, 0.1) is 0 Å². The predicted molar refractivity (Wildman–Crippen MR) is 130 cm³/mol. The molecule has 1 atom stereocenters. The van der Waals surface area contributed by atoms with E-state index in [4.69, 9.17) is 28.9 Å². The zero-order chi connectivity index (χ0) is 23.4. The van der Waals surface area contributed by atoms with Crippen molar-refractivity contribution >= 4 is 40.8 Å². The number of nitrogens with zero attached hydrogens (tertiary/aromatic N) is 3. The smallest absolute Gasteiger partial charge is 0.322 e. The van der Waals surface area contributed by atoms with E-state index in [2.05, 4.69) is 25.5 Å². The Labute approximate surface area is 201 Å². The van der Waals surface area contributed by atoms with Gasteiger partial charge in [-0.1, -0.05) is 53.5 Å². The van der Waals surface area contributed by atoms with E-state index in [1.54, 1.807) is 24.4 Å². The average Bonchev–Trinajstić information content (AvgIpc) is 2.80. The number of hydrogen-bond acceptors (Lipinski definition) is 7. The van der Waals surface area contributed by atoms with Crippen LogP contribution in [0.2, 0.25) is 10.0 Å². The summed E-state index contributed by atoms with van der Waals surface area (Å²) in [6.07, 6.45) is 1.63. The Morgan fingerprint density at radius 2 is 1.94 bits per heavy atom. The number of hydrogen-bond donors (Lipinski definition) is 4. The summed E-state index contributed by atoms with van der Waals surface area (Å²) in [7, 11) is 0. The van der Waals surface area contributed by atoms with Crippen LogP contribution >= 0.6 is 23.2 Å². The first-order valence-electron chi connectivity index (χ1n) is 10.5. The third kappa shape index (κ3) is 5.72. The van der Waals surface area contributed by atoms with E-state index < -0.39 is 12.0 Å². The number of rotatable bonds is 7. The lowest BCUT2D eigenvalue weighted by molar-refractivity contribution is -0.140. The van der Waals surface area contributed by atoms with Gasteiger partial charge in [0.2, 0.25) is 0 Å². The van der Waals surface area contributed by atoms with Crippen molar-refractivity contribution in [2.45, 2.75) is 19.1 Å². The first-order valence-corrected chi connectivity index (χ1v) is 11.2. The minimum absolute atomic E-state index is 0.283. The number of aliphatic carboxylic acids is 1. The minimum Gasteiger partial charge on any atom is -0.480 e. The number of nitrogens with two attached hydrogens (primary N) is 1. The summed E-state index contributed by atoms with van der Waals surface area (Å²) in [6, 6.07) is 12.8. The highest BCUT2D eigenvalue weighted by Crippen LogP contribution is 2.27. The molecule has 0 unspecified atom stereocenters. The fourth-order valence-electron chi connectivity index (χ4n) is 3.70. The van der Waals surface area contributed by atoms with Gasteiger partial charge in [-0.25, -0.2) is 9.97 Å². The van der Waals surface area contributed by atoms with Crippen molar-refractivity contribution in [1.29, 1.82) is 0 Å². The van der Waals surface area contributed by atoms with Crippen LogP contribution in [-0.4, -0.2) is 51.6 Å². The first kappa shape index (κ1) is 23.3. The molecular formula is C23H24Cl2N6O2. The van der Waals surface area contributed by atoms with Crippen molar-refractivity contribution < 1.29 is 9.90 Å². The standard InChI is InChI=1S/C23H24Cl2N6O2/c24-17-2-1-3-18(25)16(17)10-29-22-21(26)28-11-19(30-22)15-6-4-14(5-7-15)12-31-9-8-27-20(13-31)23(32)33/h1-7,11,20,27H,8-10,12-13H2,(H2,26,28)(H,29,30)(H,32,33)/t20-/m0/s1. The van der Waals surface area contributed by atoms with Crippen molar-refractivity contribution in [1.82, 2.24) is 20.2 Å². The SMILES string of the molecule is Nc1ncc(-c2ccc(CN3CCN[C@H](C(=O)O)C3)cc2)nc1NCc1c(Cl)cccc1Cl. The highest BCUT2D eigenvalue weighted by molar-refractivity contribution is 6.36. The van der Waals surface area contributed by atoms with Gasteiger partial charge in [0.05, 0.1) is 11.9 Å². The maximum atomic E-state index is 11.2. The van der Waals surface area contributed by atoms with Crippen molar-refractivity contribution in [3.63, 3.8) is 0 Å². The van der Waals surface area contributed by atoms with E-state index in [-0.39, 0.29) is 5.82 Å². The third-order valence-corrected chi connectivity index (χ3v) is 6.22. The molecule has 0 aliphatic carbocycles. The van der Waals surface area contributed by atoms with Gasteiger partial charge < -0.3 is 21.5 Å². The molecule has 1 fully saturated rings. The van der Waals surface area contributed by atoms with Crippen molar-refractivity contribution in [2.75, 3.05) is 30.7 Å². The topological polar surface area (TPSA) is 116 Å². The number of benzene rings is 2. The van der Waals surface area contributed by atoms with E-state index >= 15 is 0 Å². The van der Waals surface area contributed by atoms with E-state index in [1.807, 2.05) is 24.3 Å². The number of piperazine rings is 1. The second kappa shape index (κ2) is 10.4. The Morgan fingerprint density at radius 1 is 1.21 bits per heavy atom. The molecular weight excluding hydrogens is 463 g/mol. The Bertz CT molecular complexity index is 1120. The molecule has 0 radical (unpaired) electrons. The second-order valence-electron chi connectivity index (χ2n) is 7.82. The summed E-state index contributed by atoms with van der Waals surface area (Å²) < 4.78 is 0. The molecule has 2 heterocycles. The molecule has 0 saturated carbocycles. The summed E-state index contributed by atoms with van der Waals surface area (Å²) in [5.74, 6) is -0.0866. The maximum absolute atomic E-state index is 11.2. The number of halogens is 2. The van der Waals surface area contributed by atoms with Crippen molar-refractivity contribution in [2.24, 2.45) is 0 Å². The Kier molecular flexibility index (Phi) is 7.29. The molecule has 0 bridgehead atoms. The van der Waals surface area contributed by atoms with Gasteiger partial charge in [0.25, 0.3) is 0 Å². The number of carboxylic acid groups (broad SMARTS) is 1. The molecule has 0 amide bonds. The van der Waals surface area contributed by atoms with Crippen LogP contribution in [0.15, 0.2) is 48.7 Å². The normalized spacial score (nSPS) is 16.5. The molecule has 1 aliphatic rings. The summed E-state index contributed by atoms with van der Waals surface area (Å²) in [5, 5.41) is 16.5. The van der Waals surface area contributed by atoms with Crippen LogP contribution in [0.5, 0.6) is 0 Å². The Morgan fingerprint density at radius 3 is 2.64 bits per heavy atom. The molecule has 0 spiro atoms. The number of anilines is 2. The van der Waals surface area contributed by atoms with Gasteiger partial charge >= 0.3 is 5.97 Å². The van der Waals surface area contributed by atoms with Crippen LogP contribution in [0.4, 0.5) is 11.6 Å². The van der Waals surface area contributed by atoms with E-state index in [1.165, 1.54) is 0 Å². The Balaban J connectivity index is 1.44. The summed E-state index contributed by atoms with van der Waals surface area (Å²) >= 11 is 12.5. The van der Waals surface area contributed by atoms with Gasteiger partial charge in [-0.3, -0.25) is 9.69 Å². The monoisotopic (exact) mass is 486 g/mol. The van der Waals surface area contributed by atoms with E-state index in [0.717, 1.165) is 23.2 Å². The second-order valence-corrected chi connectivity index (χ2v) is 8.63. The van der Waals surface area contributed by atoms with Gasteiger partial charge in [0.1, 0.15) is 6.04 Å². The zero-order valence-electron chi connectivity index (χ0n) is 17.8. The molecule has 4 rings (SSSR count). The number of carboxylic acids is 1. The highest BCUT2D eigenvalue weighted by Gasteiger charge is 2.24. The number of aromatic nitrogens is 2. The average molecular weight is 487 g/mol. The molecule has 5 N–H and O–H groups in total. The van der Waals surface area contributed by atoms with Gasteiger partial charge in [-0.2, -0.15) is 0 Å². The molecule has 1 aliphatic heterocycles. The zero-order valence-corrected chi connectivity index (χ0v) is 19.3. The number of nitrogen functional groups attached to an aromatic ring is 1. The number of nitrogens with one attached hydrogen (secondary N) is 2. The quantitative estimate of drug-likeness (QED) is 0.400. The van der Waals surface area contributed by atoms with Crippen LogP contribution in [0.3, 0.4) is 0 Å². The van der Waals surface area contributed by atoms with Crippen molar-refractivity contribution in [3.8, 4) is 11.3 Å². The van der Waals surface area contributed by atoms with Crippen LogP contribution in [-0.2, 0) is 17.9 Å². The molecule has 172 valence electrons. The highest BCUT2D eigenvalue weighted by atomic mass is 35.5. The van der Waals surface area contributed by atoms with Gasteiger partial charge in [-0.15, -0.1) is 0 Å². The van der Waals surface area contributed by atoms with E-state index in [0.29, 0.717) is 47.7 Å². The lowest BCUT2D eigenvalue weighted by Gasteiger charge is -2.31. The largest absolute Gasteiger partial charge is 0.480 e. The Hall–Kier alpha value is -2.91. The van der Waals surface area contributed by atoms with Crippen LogP contribution < -0.4 is 16.4 Å². The summed E-state index contributed by atoms with van der Waals surface area (Å²) in [4.78, 5) is 22.3. The van der Waals surface area contributed by atoms with E-state index in [9.17, 15) is 9.90 Å². The van der Waals surface area contributed by atoms with Gasteiger partial charge in [-0.05, 0) is 17.7 Å². The molecule has 8 nitrogen and oxygen atoms in total. The molecule has 1 saturated heterocycles. The molecule has 3 aromatic rings. The maximum Gasteiger partial charge on any atom is 0.322 e. The lowest BCUT2D eigenvalue weighted by atomic mass is 10.1. The number of carbonyl (C=O) groups is 1.